The van der Waals surface area contributed by atoms with Gasteiger partial charge in [0.05, 0.1) is 12.6 Å². The van der Waals surface area contributed by atoms with Gasteiger partial charge < -0.3 is 19.9 Å². The van der Waals surface area contributed by atoms with Gasteiger partial charge in [-0.15, -0.1) is 0 Å². The Labute approximate surface area is 134 Å². The molecule has 1 unspecified atom stereocenters. The smallest absolute Gasteiger partial charge is 0.404 e. The van der Waals surface area contributed by atoms with E-state index in [1.165, 1.54) is 0 Å². The van der Waals surface area contributed by atoms with Gasteiger partial charge in [0.1, 0.15) is 18.5 Å². The first-order valence-corrected chi connectivity index (χ1v) is 7.57. The topological polar surface area (TPSA) is 71.1 Å². The van der Waals surface area contributed by atoms with Crippen LogP contribution in [0, 0.1) is 0 Å². The Bertz CT molecular complexity index is 638. The molecule has 0 aromatic heterocycles. The van der Waals surface area contributed by atoms with Gasteiger partial charge in [0.2, 0.25) is 0 Å². The molecule has 2 N–H and O–H groups in total. The van der Waals surface area contributed by atoms with Crippen LogP contribution in [0.15, 0.2) is 54.6 Å². The van der Waals surface area contributed by atoms with Crippen molar-refractivity contribution in [2.45, 2.75) is 25.2 Å². The molecule has 2 aromatic rings. The predicted octanol–water partition coefficient (Wildman–Crippen LogP) is 2.84. The lowest BCUT2D eigenvalue weighted by Gasteiger charge is -2.15. The molecule has 1 aliphatic heterocycles. The van der Waals surface area contributed by atoms with Crippen molar-refractivity contribution in [2.24, 2.45) is 0 Å². The highest BCUT2D eigenvalue weighted by atomic mass is 16.6. The first-order chi connectivity index (χ1) is 11.2. The molecule has 0 radical (unpaired) electrons. The van der Waals surface area contributed by atoms with Crippen LogP contribution in [0.5, 0.6) is 5.75 Å². The van der Waals surface area contributed by atoms with Crippen molar-refractivity contribution in [3.05, 3.63) is 65.7 Å². The molecule has 3 rings (SSSR count). The number of carboxylic acid groups (broad SMARTS) is 1. The van der Waals surface area contributed by atoms with Gasteiger partial charge in [-0.05, 0) is 29.7 Å². The van der Waals surface area contributed by atoms with Crippen molar-refractivity contribution < 1.29 is 19.4 Å². The monoisotopic (exact) mass is 313 g/mol. The lowest BCUT2D eigenvalue weighted by atomic mass is 10.0. The minimum Gasteiger partial charge on any atom is -0.489 e. The summed E-state index contributed by atoms with van der Waals surface area (Å²) < 4.78 is 10.9. The molecule has 0 spiro atoms. The number of amides is 1. The molecule has 1 aliphatic rings. The first kappa shape index (κ1) is 15.4. The zero-order valence-electron chi connectivity index (χ0n) is 12.6. The molecule has 2 atom stereocenters. The second kappa shape index (κ2) is 7.15. The van der Waals surface area contributed by atoms with Crippen molar-refractivity contribution in [1.82, 2.24) is 5.32 Å². The fourth-order valence-electron chi connectivity index (χ4n) is 2.44. The van der Waals surface area contributed by atoms with Gasteiger partial charge in [-0.25, -0.2) is 4.79 Å². The normalized spacial score (nSPS) is 17.3. The maximum Gasteiger partial charge on any atom is 0.404 e. The number of hydrogen-bond acceptors (Lipinski definition) is 3. The van der Waals surface area contributed by atoms with Crippen LogP contribution in [0.25, 0.3) is 0 Å². The molecule has 2 aromatic carbocycles. The lowest BCUT2D eigenvalue weighted by molar-refractivity contribution is 0.186. The molecule has 1 amide bonds. The van der Waals surface area contributed by atoms with Crippen LogP contribution in [0.2, 0.25) is 0 Å². The van der Waals surface area contributed by atoms with Crippen molar-refractivity contribution in [2.75, 3.05) is 6.61 Å². The third-order valence-corrected chi connectivity index (χ3v) is 3.74. The van der Waals surface area contributed by atoms with Crippen molar-refractivity contribution in [3.63, 3.8) is 0 Å². The van der Waals surface area contributed by atoms with E-state index in [0.717, 1.165) is 16.9 Å². The van der Waals surface area contributed by atoms with Gasteiger partial charge in [0.25, 0.3) is 0 Å². The van der Waals surface area contributed by atoms with Crippen LogP contribution in [-0.4, -0.2) is 30.0 Å². The van der Waals surface area contributed by atoms with E-state index in [4.69, 9.17) is 14.6 Å². The molecule has 23 heavy (non-hydrogen) atoms. The molecule has 0 aliphatic carbocycles. The summed E-state index contributed by atoms with van der Waals surface area (Å²) in [4.78, 5) is 10.8. The van der Waals surface area contributed by atoms with Crippen LogP contribution in [0.3, 0.4) is 0 Å². The van der Waals surface area contributed by atoms with Crippen LogP contribution < -0.4 is 10.1 Å². The number of epoxide rings is 1. The molecular formula is C18H19NO4. The number of nitrogens with one attached hydrogen (secondary N) is 1. The summed E-state index contributed by atoms with van der Waals surface area (Å²) in [5, 5.41) is 11.4. The predicted molar refractivity (Wildman–Crippen MR) is 85.6 cm³/mol. The fraction of sp³-hybridized carbons (Fsp3) is 0.278. The minimum atomic E-state index is -1.02. The summed E-state index contributed by atoms with van der Waals surface area (Å²) in [7, 11) is 0. The van der Waals surface area contributed by atoms with E-state index in [1.54, 1.807) is 0 Å². The molecule has 1 heterocycles. The van der Waals surface area contributed by atoms with Crippen LogP contribution in [0.4, 0.5) is 4.79 Å². The molecule has 0 bridgehead atoms. The molecule has 5 heteroatoms. The highest BCUT2D eigenvalue weighted by Crippen LogP contribution is 2.20. The van der Waals surface area contributed by atoms with Gasteiger partial charge in [0, 0.05) is 0 Å². The Morgan fingerprint density at radius 3 is 2.48 bits per heavy atom. The first-order valence-electron chi connectivity index (χ1n) is 7.57. The summed E-state index contributed by atoms with van der Waals surface area (Å²) in [5.74, 6) is 0.794. The minimum absolute atomic E-state index is 0.0138. The lowest BCUT2D eigenvalue weighted by Crippen LogP contribution is -2.39. The maximum atomic E-state index is 10.8. The molecule has 1 fully saturated rings. The van der Waals surface area contributed by atoms with Crippen molar-refractivity contribution in [3.8, 4) is 5.75 Å². The van der Waals surface area contributed by atoms with E-state index < -0.39 is 6.09 Å². The van der Waals surface area contributed by atoms with E-state index in [-0.39, 0.29) is 12.1 Å². The van der Waals surface area contributed by atoms with E-state index in [2.05, 4.69) is 5.32 Å². The van der Waals surface area contributed by atoms with E-state index >= 15 is 0 Å². The highest BCUT2D eigenvalue weighted by Gasteiger charge is 2.33. The Morgan fingerprint density at radius 2 is 1.87 bits per heavy atom. The summed E-state index contributed by atoms with van der Waals surface area (Å²) in [5.41, 5.74) is 2.17. The zero-order valence-corrected chi connectivity index (χ0v) is 12.6. The van der Waals surface area contributed by atoms with Crippen LogP contribution >= 0.6 is 0 Å². The van der Waals surface area contributed by atoms with Crippen LogP contribution in [-0.2, 0) is 17.8 Å². The maximum absolute atomic E-state index is 10.8. The Morgan fingerprint density at radius 1 is 1.17 bits per heavy atom. The molecule has 0 saturated carbocycles. The largest absolute Gasteiger partial charge is 0.489 e. The standard InChI is InChI=1S/C18H19NO4/c20-18(21)19-16(17-12-23-17)10-13-6-8-15(9-7-13)22-11-14-4-2-1-3-5-14/h1-9,16-17,19H,10-12H2,(H,20,21)/t16?,17-/m1/s1. The highest BCUT2D eigenvalue weighted by molar-refractivity contribution is 5.65. The summed E-state index contributed by atoms with van der Waals surface area (Å²) in [6.07, 6.45) is -0.427. The quantitative estimate of drug-likeness (QED) is 0.771. The SMILES string of the molecule is O=C(O)NC(Cc1ccc(OCc2ccccc2)cc1)[C@H]1CO1. The number of carbonyl (C=O) groups is 1. The van der Waals surface area contributed by atoms with Crippen LogP contribution in [0.1, 0.15) is 11.1 Å². The Balaban J connectivity index is 1.55. The van der Waals surface area contributed by atoms with E-state index in [9.17, 15) is 4.79 Å². The van der Waals surface area contributed by atoms with E-state index in [1.807, 2.05) is 54.6 Å². The van der Waals surface area contributed by atoms with E-state index in [0.29, 0.717) is 19.6 Å². The van der Waals surface area contributed by atoms with Crippen molar-refractivity contribution in [1.29, 1.82) is 0 Å². The third kappa shape index (κ3) is 4.72. The number of rotatable bonds is 7. The molecule has 5 nitrogen and oxygen atoms in total. The van der Waals surface area contributed by atoms with Gasteiger partial charge in [-0.3, -0.25) is 0 Å². The fourth-order valence-corrected chi connectivity index (χ4v) is 2.44. The average molecular weight is 313 g/mol. The zero-order chi connectivity index (χ0) is 16.1. The second-order valence-electron chi connectivity index (χ2n) is 5.55. The Kier molecular flexibility index (Phi) is 4.78. The number of hydrogen-bond donors (Lipinski definition) is 2. The number of benzene rings is 2. The summed E-state index contributed by atoms with van der Waals surface area (Å²) in [6.45, 7) is 1.14. The van der Waals surface area contributed by atoms with Crippen molar-refractivity contribution >= 4 is 6.09 Å². The molecule has 1 saturated heterocycles. The molecule has 120 valence electrons. The summed E-state index contributed by atoms with van der Waals surface area (Å²) in [6, 6.07) is 17.5. The number of ether oxygens (including phenoxy) is 2. The van der Waals surface area contributed by atoms with Gasteiger partial charge in [-0.1, -0.05) is 42.5 Å². The molecular weight excluding hydrogens is 294 g/mol. The van der Waals surface area contributed by atoms with Gasteiger partial charge in [0.15, 0.2) is 0 Å². The average Bonchev–Trinajstić information content (AvgIpc) is 3.39. The van der Waals surface area contributed by atoms with Gasteiger partial charge >= 0.3 is 6.09 Å². The summed E-state index contributed by atoms with van der Waals surface area (Å²) >= 11 is 0. The third-order valence-electron chi connectivity index (χ3n) is 3.74. The van der Waals surface area contributed by atoms with Gasteiger partial charge in [-0.2, -0.15) is 0 Å². The second-order valence-corrected chi connectivity index (χ2v) is 5.55. The Hall–Kier alpha value is -2.53.